The van der Waals surface area contributed by atoms with Crippen LogP contribution in [0.15, 0.2) is 36.4 Å². The van der Waals surface area contributed by atoms with Crippen LogP contribution in [0.5, 0.6) is 0 Å². The highest BCUT2D eigenvalue weighted by Gasteiger charge is 2.38. The van der Waals surface area contributed by atoms with Crippen molar-refractivity contribution in [1.29, 1.82) is 5.26 Å². The van der Waals surface area contributed by atoms with Crippen molar-refractivity contribution in [3.63, 3.8) is 0 Å². The summed E-state index contributed by atoms with van der Waals surface area (Å²) in [6, 6.07) is 10.7. The van der Waals surface area contributed by atoms with Crippen LogP contribution in [0.4, 0.5) is 0 Å². The molecule has 1 aromatic heterocycles. The van der Waals surface area contributed by atoms with Crippen LogP contribution in [0.3, 0.4) is 0 Å². The van der Waals surface area contributed by atoms with Gasteiger partial charge in [-0.2, -0.15) is 5.26 Å². The molecule has 0 spiro atoms. The van der Waals surface area contributed by atoms with E-state index in [4.69, 9.17) is 10.1 Å². The number of imide groups is 1. The predicted octanol–water partition coefficient (Wildman–Crippen LogP) is 1.25. The van der Waals surface area contributed by atoms with E-state index < -0.39 is 17.8 Å². The minimum atomic E-state index is -0.925. The van der Waals surface area contributed by atoms with Gasteiger partial charge in [-0.15, -0.1) is 0 Å². The van der Waals surface area contributed by atoms with Gasteiger partial charge in [0.15, 0.2) is 0 Å². The maximum absolute atomic E-state index is 12.0. The van der Waals surface area contributed by atoms with Gasteiger partial charge < -0.3 is 9.82 Å². The van der Waals surface area contributed by atoms with Gasteiger partial charge in [-0.3, -0.25) is 9.59 Å². The summed E-state index contributed by atoms with van der Waals surface area (Å²) in [6.45, 7) is 0. The molecule has 1 aliphatic rings. The standard InChI is InChI=1S/C14H7N3O4/c15-7-8-5-6-11(16-8)14(20)21-17-12(18)9-3-1-2-4-10(9)13(17)19/h1-6,16H. The van der Waals surface area contributed by atoms with Crippen molar-refractivity contribution in [2.24, 2.45) is 0 Å². The van der Waals surface area contributed by atoms with E-state index >= 15 is 0 Å². The lowest BCUT2D eigenvalue weighted by atomic mass is 10.1. The molecular formula is C14H7N3O4. The number of H-pyrrole nitrogens is 1. The number of amides is 2. The highest BCUT2D eigenvalue weighted by molar-refractivity contribution is 6.21. The first-order chi connectivity index (χ1) is 10.1. The van der Waals surface area contributed by atoms with E-state index in [9.17, 15) is 14.4 Å². The van der Waals surface area contributed by atoms with Crippen molar-refractivity contribution < 1.29 is 19.2 Å². The van der Waals surface area contributed by atoms with Crippen LogP contribution < -0.4 is 0 Å². The topological polar surface area (TPSA) is 103 Å². The fourth-order valence-electron chi connectivity index (χ4n) is 1.96. The Bertz CT molecular complexity index is 781. The first-order valence-corrected chi connectivity index (χ1v) is 5.91. The molecule has 3 rings (SSSR count). The molecule has 1 aromatic carbocycles. The second-order valence-electron chi connectivity index (χ2n) is 4.23. The van der Waals surface area contributed by atoms with Crippen LogP contribution in [-0.4, -0.2) is 27.8 Å². The third-order valence-corrected chi connectivity index (χ3v) is 2.96. The zero-order valence-corrected chi connectivity index (χ0v) is 10.5. The number of hydrogen-bond acceptors (Lipinski definition) is 5. The quantitative estimate of drug-likeness (QED) is 0.834. The summed E-state index contributed by atoms with van der Waals surface area (Å²) in [6.07, 6.45) is 0. The monoisotopic (exact) mass is 281 g/mol. The van der Waals surface area contributed by atoms with E-state index in [1.54, 1.807) is 12.1 Å². The number of rotatable bonds is 2. The van der Waals surface area contributed by atoms with E-state index in [1.165, 1.54) is 24.3 Å². The number of nitrogens with one attached hydrogen (secondary N) is 1. The summed E-state index contributed by atoms with van der Waals surface area (Å²) in [7, 11) is 0. The summed E-state index contributed by atoms with van der Waals surface area (Å²) in [5.74, 6) is -2.32. The zero-order valence-electron chi connectivity index (χ0n) is 10.5. The molecule has 0 atom stereocenters. The Kier molecular flexibility index (Phi) is 2.77. The van der Waals surface area contributed by atoms with Gasteiger partial charge in [0.1, 0.15) is 17.5 Å². The summed E-state index contributed by atoms with van der Waals surface area (Å²) in [5, 5.41) is 9.08. The third-order valence-electron chi connectivity index (χ3n) is 2.96. The highest BCUT2D eigenvalue weighted by atomic mass is 16.7. The Morgan fingerprint density at radius 1 is 1.10 bits per heavy atom. The number of fused-ring (bicyclic) bond motifs is 1. The zero-order chi connectivity index (χ0) is 15.0. The summed E-state index contributed by atoms with van der Waals surface area (Å²) in [4.78, 5) is 43.2. The van der Waals surface area contributed by atoms with Gasteiger partial charge in [-0.1, -0.05) is 17.2 Å². The average molecular weight is 281 g/mol. The Labute approximate surface area is 118 Å². The Morgan fingerprint density at radius 2 is 1.71 bits per heavy atom. The van der Waals surface area contributed by atoms with Crippen LogP contribution in [-0.2, 0) is 4.84 Å². The predicted molar refractivity (Wildman–Crippen MR) is 67.9 cm³/mol. The first kappa shape index (κ1) is 12.6. The molecule has 2 aromatic rings. The fraction of sp³-hybridized carbons (Fsp3) is 0. The summed E-state index contributed by atoms with van der Waals surface area (Å²) >= 11 is 0. The average Bonchev–Trinajstić information content (AvgIpc) is 3.07. The minimum Gasteiger partial charge on any atom is -0.341 e. The molecule has 0 fully saturated rings. The molecule has 0 unspecified atom stereocenters. The van der Waals surface area contributed by atoms with E-state index in [0.29, 0.717) is 5.06 Å². The molecule has 7 heteroatoms. The smallest absolute Gasteiger partial charge is 0.341 e. The lowest BCUT2D eigenvalue weighted by Gasteiger charge is -2.11. The molecule has 0 saturated heterocycles. The normalized spacial score (nSPS) is 13.0. The van der Waals surface area contributed by atoms with E-state index in [2.05, 4.69) is 4.98 Å². The molecule has 2 amide bonds. The molecular weight excluding hydrogens is 274 g/mol. The lowest BCUT2D eigenvalue weighted by Crippen LogP contribution is -2.32. The van der Waals surface area contributed by atoms with Crippen LogP contribution in [0, 0.1) is 11.3 Å². The number of aromatic amines is 1. The number of aromatic nitrogens is 1. The van der Waals surface area contributed by atoms with Crippen molar-refractivity contribution in [3.05, 3.63) is 58.9 Å². The molecule has 7 nitrogen and oxygen atoms in total. The maximum atomic E-state index is 12.0. The molecule has 0 radical (unpaired) electrons. The molecule has 21 heavy (non-hydrogen) atoms. The molecule has 0 saturated carbocycles. The van der Waals surface area contributed by atoms with E-state index in [0.717, 1.165) is 0 Å². The maximum Gasteiger partial charge on any atom is 0.380 e. The van der Waals surface area contributed by atoms with Crippen molar-refractivity contribution >= 4 is 17.8 Å². The van der Waals surface area contributed by atoms with Crippen molar-refractivity contribution in [2.75, 3.05) is 0 Å². The van der Waals surface area contributed by atoms with Crippen molar-refractivity contribution in [1.82, 2.24) is 10.0 Å². The van der Waals surface area contributed by atoms with Crippen LogP contribution in [0.1, 0.15) is 36.9 Å². The SMILES string of the molecule is N#Cc1ccc(C(=O)ON2C(=O)c3ccccc3C2=O)[nH]1. The molecule has 1 aliphatic heterocycles. The van der Waals surface area contributed by atoms with Gasteiger partial charge in [0.2, 0.25) is 0 Å². The molecule has 1 N–H and O–H groups in total. The molecule has 102 valence electrons. The van der Waals surface area contributed by atoms with Crippen LogP contribution in [0.25, 0.3) is 0 Å². The molecule has 0 bridgehead atoms. The number of nitriles is 1. The van der Waals surface area contributed by atoms with Crippen LogP contribution >= 0.6 is 0 Å². The van der Waals surface area contributed by atoms with Gasteiger partial charge in [-0.25, -0.2) is 4.79 Å². The third kappa shape index (κ3) is 1.95. The largest absolute Gasteiger partial charge is 0.380 e. The number of nitrogens with zero attached hydrogens (tertiary/aromatic N) is 2. The second kappa shape index (κ2) is 4.61. The van der Waals surface area contributed by atoms with Gasteiger partial charge in [0.05, 0.1) is 11.1 Å². The van der Waals surface area contributed by atoms with E-state index in [-0.39, 0.29) is 22.5 Å². The number of carbonyl (C=O) groups is 3. The van der Waals surface area contributed by atoms with Gasteiger partial charge in [0.25, 0.3) is 11.8 Å². The highest BCUT2D eigenvalue weighted by Crippen LogP contribution is 2.23. The number of carbonyl (C=O) groups excluding carboxylic acids is 3. The minimum absolute atomic E-state index is 0.0249. The lowest BCUT2D eigenvalue weighted by molar-refractivity contribution is -0.0588. The van der Waals surface area contributed by atoms with Gasteiger partial charge in [-0.05, 0) is 24.3 Å². The van der Waals surface area contributed by atoms with Crippen molar-refractivity contribution in [3.8, 4) is 6.07 Å². The van der Waals surface area contributed by atoms with E-state index in [1.807, 2.05) is 6.07 Å². The van der Waals surface area contributed by atoms with Crippen molar-refractivity contribution in [2.45, 2.75) is 0 Å². The second-order valence-corrected chi connectivity index (χ2v) is 4.23. The summed E-state index contributed by atoms with van der Waals surface area (Å²) in [5.41, 5.74) is 0.506. The number of hydroxylamine groups is 2. The molecule has 2 heterocycles. The Morgan fingerprint density at radius 3 is 2.24 bits per heavy atom. The number of benzene rings is 1. The number of hydrogen-bond donors (Lipinski definition) is 1. The summed E-state index contributed by atoms with van der Waals surface area (Å²) < 4.78 is 0. The fourth-order valence-corrected chi connectivity index (χ4v) is 1.96. The van der Waals surface area contributed by atoms with Gasteiger partial charge in [0, 0.05) is 0 Å². The molecule has 0 aliphatic carbocycles. The Balaban J connectivity index is 1.84. The first-order valence-electron chi connectivity index (χ1n) is 5.91. The van der Waals surface area contributed by atoms with Crippen LogP contribution in [0.2, 0.25) is 0 Å². The Hall–Kier alpha value is -3.40. The van der Waals surface area contributed by atoms with Gasteiger partial charge >= 0.3 is 5.97 Å².